The zero-order valence-electron chi connectivity index (χ0n) is 12.5. The van der Waals surface area contributed by atoms with E-state index in [2.05, 4.69) is 0 Å². The molecule has 0 aliphatic heterocycles. The Kier molecular flexibility index (Phi) is 3.76. The molecule has 0 unspecified atom stereocenters. The van der Waals surface area contributed by atoms with Gasteiger partial charge in [0.25, 0.3) is 11.5 Å². The van der Waals surface area contributed by atoms with Crippen molar-refractivity contribution in [3.63, 3.8) is 0 Å². The Morgan fingerprint density at radius 2 is 1.43 bits per heavy atom. The lowest BCUT2D eigenvalue weighted by Gasteiger charge is -2.11. The molecule has 0 atom stereocenters. The van der Waals surface area contributed by atoms with Gasteiger partial charge in [-0.05, 0) is 31.2 Å². The van der Waals surface area contributed by atoms with Gasteiger partial charge >= 0.3 is 5.69 Å². The minimum atomic E-state index is -0.680. The van der Waals surface area contributed by atoms with Crippen LogP contribution < -0.4 is 11.2 Å². The molecule has 0 N–H and O–H groups in total. The molecule has 0 aliphatic rings. The number of rotatable bonds is 2. The predicted octanol–water partition coefficient (Wildman–Crippen LogP) is 2.00. The minimum absolute atomic E-state index is 0.289. The van der Waals surface area contributed by atoms with Crippen LogP contribution in [0.5, 0.6) is 0 Å². The normalized spacial score (nSPS) is 10.5. The molecule has 0 bridgehead atoms. The maximum Gasteiger partial charge on any atom is 0.342 e. The van der Waals surface area contributed by atoms with Gasteiger partial charge in [0, 0.05) is 17.3 Å². The average molecular weight is 306 g/mol. The number of carbonyl (C=O) groups excluding carboxylic acids is 1. The first-order valence-corrected chi connectivity index (χ1v) is 7.10. The Bertz CT molecular complexity index is 971. The summed E-state index contributed by atoms with van der Waals surface area (Å²) in [6, 6.07) is 17.1. The number of carbonyl (C=O) groups is 1. The van der Waals surface area contributed by atoms with Crippen molar-refractivity contribution in [2.75, 3.05) is 0 Å². The summed E-state index contributed by atoms with van der Waals surface area (Å²) >= 11 is 0. The predicted molar refractivity (Wildman–Crippen MR) is 87.2 cm³/mol. The lowest BCUT2D eigenvalue weighted by Crippen LogP contribution is -2.44. The molecular weight excluding hydrogens is 292 g/mol. The fraction of sp³-hybridized carbons (Fsp3) is 0.0556. The van der Waals surface area contributed by atoms with Crippen LogP contribution in [0.15, 0.2) is 76.4 Å². The molecule has 1 aromatic heterocycles. The Hall–Kier alpha value is -3.21. The van der Waals surface area contributed by atoms with Crippen molar-refractivity contribution in [1.29, 1.82) is 0 Å². The van der Waals surface area contributed by atoms with Gasteiger partial charge in [-0.25, -0.2) is 4.79 Å². The van der Waals surface area contributed by atoms with Gasteiger partial charge in [-0.2, -0.15) is 4.57 Å². The highest BCUT2D eigenvalue weighted by atomic mass is 16.2. The molecule has 0 radical (unpaired) electrons. The molecule has 0 amide bonds. The van der Waals surface area contributed by atoms with E-state index in [1.54, 1.807) is 61.5 Å². The number of para-hydroxylation sites is 1. The van der Waals surface area contributed by atoms with E-state index in [0.717, 1.165) is 0 Å². The Labute approximate surface area is 132 Å². The van der Waals surface area contributed by atoms with Crippen molar-refractivity contribution in [2.45, 2.75) is 6.92 Å². The first-order valence-electron chi connectivity index (χ1n) is 7.10. The van der Waals surface area contributed by atoms with Gasteiger partial charge in [0.1, 0.15) is 0 Å². The third kappa shape index (κ3) is 2.64. The van der Waals surface area contributed by atoms with Gasteiger partial charge < -0.3 is 0 Å². The molecule has 3 rings (SSSR count). The molecule has 5 heteroatoms. The Morgan fingerprint density at radius 1 is 0.870 bits per heavy atom. The van der Waals surface area contributed by atoms with E-state index < -0.39 is 17.2 Å². The van der Waals surface area contributed by atoms with Crippen LogP contribution >= 0.6 is 0 Å². The lowest BCUT2D eigenvalue weighted by molar-refractivity contribution is 0.0949. The van der Waals surface area contributed by atoms with Gasteiger partial charge in [0.15, 0.2) is 0 Å². The topological polar surface area (TPSA) is 61.1 Å². The number of aryl methyl sites for hydroxylation is 1. The van der Waals surface area contributed by atoms with Crippen LogP contribution in [0, 0.1) is 6.92 Å². The summed E-state index contributed by atoms with van der Waals surface area (Å²) in [6.07, 6.45) is 1.45. The van der Waals surface area contributed by atoms with E-state index in [1.807, 2.05) is 6.07 Å². The Morgan fingerprint density at radius 3 is 2.04 bits per heavy atom. The van der Waals surface area contributed by atoms with Crippen LogP contribution in [0.1, 0.15) is 15.9 Å². The number of hydrogen-bond acceptors (Lipinski definition) is 3. The number of aromatic nitrogens is 2. The summed E-state index contributed by atoms with van der Waals surface area (Å²) in [4.78, 5) is 37.6. The number of benzene rings is 2. The summed E-state index contributed by atoms with van der Waals surface area (Å²) in [5.41, 5.74) is -0.0819. The molecule has 0 fully saturated rings. The smallest absolute Gasteiger partial charge is 0.269 e. The molecule has 0 spiro atoms. The van der Waals surface area contributed by atoms with E-state index in [9.17, 15) is 14.4 Å². The molecule has 23 heavy (non-hydrogen) atoms. The summed E-state index contributed by atoms with van der Waals surface area (Å²) in [6.45, 7) is 1.58. The van der Waals surface area contributed by atoms with Crippen LogP contribution in [0.4, 0.5) is 0 Å². The van der Waals surface area contributed by atoms with E-state index >= 15 is 0 Å². The van der Waals surface area contributed by atoms with Crippen LogP contribution in [-0.2, 0) is 0 Å². The third-order valence-corrected chi connectivity index (χ3v) is 3.52. The van der Waals surface area contributed by atoms with Crippen molar-refractivity contribution < 1.29 is 4.79 Å². The van der Waals surface area contributed by atoms with Gasteiger partial charge in [-0.1, -0.05) is 36.4 Å². The van der Waals surface area contributed by atoms with Crippen molar-refractivity contribution in [1.82, 2.24) is 9.13 Å². The van der Waals surface area contributed by atoms with Crippen molar-refractivity contribution in [3.8, 4) is 5.69 Å². The van der Waals surface area contributed by atoms with Gasteiger partial charge in [-0.15, -0.1) is 0 Å². The fourth-order valence-corrected chi connectivity index (χ4v) is 2.34. The highest BCUT2D eigenvalue weighted by Gasteiger charge is 2.17. The molecule has 3 aromatic rings. The minimum Gasteiger partial charge on any atom is -0.269 e. The molecule has 0 saturated carbocycles. The number of nitrogens with zero attached hydrogens (tertiary/aromatic N) is 2. The summed E-state index contributed by atoms with van der Waals surface area (Å²) in [5, 5.41) is 0. The average Bonchev–Trinajstić information content (AvgIpc) is 2.59. The highest BCUT2D eigenvalue weighted by molar-refractivity contribution is 5.95. The Balaban J connectivity index is 2.26. The molecule has 2 aromatic carbocycles. The first-order chi connectivity index (χ1) is 11.1. The molecule has 1 heterocycles. The van der Waals surface area contributed by atoms with E-state index in [-0.39, 0.29) is 5.56 Å². The van der Waals surface area contributed by atoms with Crippen LogP contribution in [0.2, 0.25) is 0 Å². The second-order valence-electron chi connectivity index (χ2n) is 5.11. The fourth-order valence-electron chi connectivity index (χ4n) is 2.34. The van der Waals surface area contributed by atoms with Gasteiger partial charge in [0.2, 0.25) is 0 Å². The maximum absolute atomic E-state index is 12.7. The summed E-state index contributed by atoms with van der Waals surface area (Å²) < 4.78 is 1.98. The molecule has 114 valence electrons. The maximum atomic E-state index is 12.7. The zero-order valence-corrected chi connectivity index (χ0v) is 12.5. The van der Waals surface area contributed by atoms with Crippen molar-refractivity contribution in [2.24, 2.45) is 0 Å². The standard InChI is InChI=1S/C18H14N2O3/c1-13-12-19(15-10-6-3-7-11-15)18(23)20(16(13)21)17(22)14-8-4-2-5-9-14/h2-12H,1H3. The molecular formula is C18H14N2O3. The monoisotopic (exact) mass is 306 g/mol. The van der Waals surface area contributed by atoms with E-state index in [0.29, 0.717) is 15.8 Å². The van der Waals surface area contributed by atoms with Gasteiger partial charge in [-0.3, -0.25) is 14.2 Å². The zero-order chi connectivity index (χ0) is 16.4. The first kappa shape index (κ1) is 14.7. The van der Waals surface area contributed by atoms with Crippen LogP contribution in [0.3, 0.4) is 0 Å². The summed E-state index contributed by atoms with van der Waals surface area (Å²) in [5.74, 6) is -0.631. The third-order valence-electron chi connectivity index (χ3n) is 3.52. The van der Waals surface area contributed by atoms with E-state index in [4.69, 9.17) is 0 Å². The van der Waals surface area contributed by atoms with Crippen molar-refractivity contribution >= 4 is 5.91 Å². The second kappa shape index (κ2) is 5.88. The van der Waals surface area contributed by atoms with Crippen LogP contribution in [-0.4, -0.2) is 15.0 Å². The quantitative estimate of drug-likeness (QED) is 0.727. The molecule has 5 nitrogen and oxygen atoms in total. The van der Waals surface area contributed by atoms with Crippen molar-refractivity contribution in [3.05, 3.63) is 98.8 Å². The highest BCUT2D eigenvalue weighted by Crippen LogP contribution is 2.05. The SMILES string of the molecule is Cc1cn(-c2ccccc2)c(=O)n(C(=O)c2ccccc2)c1=O. The lowest BCUT2D eigenvalue weighted by atomic mass is 10.2. The molecule has 0 saturated heterocycles. The van der Waals surface area contributed by atoms with Crippen LogP contribution in [0.25, 0.3) is 5.69 Å². The van der Waals surface area contributed by atoms with Gasteiger partial charge in [0.05, 0.1) is 5.69 Å². The second-order valence-corrected chi connectivity index (χ2v) is 5.11. The summed E-state index contributed by atoms with van der Waals surface area (Å²) in [7, 11) is 0. The largest absolute Gasteiger partial charge is 0.342 e. The van der Waals surface area contributed by atoms with E-state index in [1.165, 1.54) is 10.8 Å². The molecule has 0 aliphatic carbocycles. The number of hydrogen-bond donors (Lipinski definition) is 0.